The molecule has 1 amide bonds. The number of ether oxygens (including phenoxy) is 3. The van der Waals surface area contributed by atoms with Gasteiger partial charge in [0.15, 0.2) is 6.61 Å². The lowest BCUT2D eigenvalue weighted by atomic mass is 10.1. The first-order valence-corrected chi connectivity index (χ1v) is 8.74. The predicted octanol–water partition coefficient (Wildman–Crippen LogP) is 2.47. The van der Waals surface area contributed by atoms with Crippen molar-refractivity contribution in [2.45, 2.75) is 27.7 Å². The molecule has 0 bridgehead atoms. The molecule has 0 fully saturated rings. The Morgan fingerprint density at radius 1 is 1.04 bits per heavy atom. The quantitative estimate of drug-likeness (QED) is 0.417. The van der Waals surface area contributed by atoms with Crippen molar-refractivity contribution in [3.8, 4) is 0 Å². The minimum absolute atomic E-state index is 0.0769. The maximum Gasteiger partial charge on any atom is 0.348 e. The molecule has 0 aromatic carbocycles. The van der Waals surface area contributed by atoms with E-state index in [0.29, 0.717) is 5.56 Å². The highest BCUT2D eigenvalue weighted by Gasteiger charge is 2.27. The van der Waals surface area contributed by atoms with Gasteiger partial charge in [0.25, 0.3) is 5.91 Å². The van der Waals surface area contributed by atoms with Crippen molar-refractivity contribution in [1.82, 2.24) is 0 Å². The van der Waals surface area contributed by atoms with Gasteiger partial charge in [-0.1, -0.05) is 6.08 Å². The molecule has 1 rings (SSSR count). The van der Waals surface area contributed by atoms with E-state index in [1.165, 1.54) is 12.2 Å². The highest BCUT2D eigenvalue weighted by Crippen LogP contribution is 2.34. The van der Waals surface area contributed by atoms with Crippen LogP contribution < -0.4 is 5.32 Å². The van der Waals surface area contributed by atoms with E-state index in [1.54, 1.807) is 27.7 Å². The van der Waals surface area contributed by atoms with Crippen LogP contribution in [0.4, 0.5) is 5.00 Å². The van der Waals surface area contributed by atoms with Gasteiger partial charge in [0, 0.05) is 6.08 Å². The molecule has 9 heteroatoms. The third-order valence-corrected chi connectivity index (χ3v) is 4.18. The second-order valence-electron chi connectivity index (χ2n) is 4.86. The highest BCUT2D eigenvalue weighted by atomic mass is 32.1. The number of allylic oxidation sites excluding steroid dienone is 1. The monoisotopic (exact) mass is 383 g/mol. The van der Waals surface area contributed by atoms with Crippen LogP contribution in [0.15, 0.2) is 12.2 Å². The number of amides is 1. The van der Waals surface area contributed by atoms with Gasteiger partial charge in [-0.25, -0.2) is 14.4 Å². The lowest BCUT2D eigenvalue weighted by Crippen LogP contribution is -2.21. The van der Waals surface area contributed by atoms with E-state index in [1.807, 2.05) is 0 Å². The number of thiophene rings is 1. The zero-order valence-corrected chi connectivity index (χ0v) is 15.9. The van der Waals surface area contributed by atoms with Crippen molar-refractivity contribution < 1.29 is 33.4 Å². The molecule has 1 heterocycles. The molecular weight excluding hydrogens is 362 g/mol. The zero-order valence-electron chi connectivity index (χ0n) is 15.0. The van der Waals surface area contributed by atoms with Gasteiger partial charge < -0.3 is 19.5 Å². The third kappa shape index (κ3) is 5.69. The van der Waals surface area contributed by atoms with Gasteiger partial charge in [0.1, 0.15) is 9.88 Å². The van der Waals surface area contributed by atoms with Gasteiger partial charge in [-0.15, -0.1) is 11.3 Å². The number of nitrogens with one attached hydrogen (secondary N) is 1. The normalized spacial score (nSPS) is 10.5. The maximum atomic E-state index is 12.2. The topological polar surface area (TPSA) is 108 Å². The standard InChI is InChI=1S/C17H21NO7S/c1-5-8-12(20)25-9-11(19)18-15-13(16(21)23-6-2)10(4)14(26-15)17(22)24-7-3/h5,8H,6-7,9H2,1-4H3,(H,18,19)/b8-5+. The number of esters is 3. The van der Waals surface area contributed by atoms with E-state index in [-0.39, 0.29) is 28.7 Å². The van der Waals surface area contributed by atoms with Crippen molar-refractivity contribution >= 4 is 40.2 Å². The van der Waals surface area contributed by atoms with Gasteiger partial charge in [0.2, 0.25) is 0 Å². The first-order chi connectivity index (χ1) is 12.3. The lowest BCUT2D eigenvalue weighted by Gasteiger charge is -2.07. The number of carbonyl (C=O) groups is 4. The highest BCUT2D eigenvalue weighted by molar-refractivity contribution is 7.18. The molecule has 0 aliphatic heterocycles. The minimum Gasteiger partial charge on any atom is -0.462 e. The van der Waals surface area contributed by atoms with Crippen molar-refractivity contribution in [3.63, 3.8) is 0 Å². The van der Waals surface area contributed by atoms with Crippen LogP contribution in [-0.2, 0) is 23.8 Å². The molecule has 0 radical (unpaired) electrons. The second kappa shape index (κ2) is 10.3. The summed E-state index contributed by atoms with van der Waals surface area (Å²) < 4.78 is 14.7. The Balaban J connectivity index is 3.05. The molecule has 0 saturated carbocycles. The predicted molar refractivity (Wildman–Crippen MR) is 95.4 cm³/mol. The Morgan fingerprint density at radius 2 is 1.65 bits per heavy atom. The number of carbonyl (C=O) groups excluding carboxylic acids is 4. The molecule has 142 valence electrons. The van der Waals surface area contributed by atoms with E-state index in [4.69, 9.17) is 14.2 Å². The molecule has 0 aliphatic carbocycles. The molecule has 1 aromatic rings. The molecule has 0 spiro atoms. The number of rotatable bonds is 8. The van der Waals surface area contributed by atoms with Crippen LogP contribution in [0.1, 0.15) is 46.4 Å². The largest absolute Gasteiger partial charge is 0.462 e. The molecule has 0 unspecified atom stereocenters. The fourth-order valence-electron chi connectivity index (χ4n) is 1.93. The smallest absolute Gasteiger partial charge is 0.348 e. The first-order valence-electron chi connectivity index (χ1n) is 7.92. The molecule has 26 heavy (non-hydrogen) atoms. The van der Waals surface area contributed by atoms with Crippen LogP contribution in [0, 0.1) is 6.92 Å². The molecule has 1 N–H and O–H groups in total. The van der Waals surface area contributed by atoms with Gasteiger partial charge >= 0.3 is 17.9 Å². The Hall–Kier alpha value is -2.68. The Bertz CT molecular complexity index is 721. The summed E-state index contributed by atoms with van der Waals surface area (Å²) in [5, 5.41) is 2.61. The molecular formula is C17H21NO7S. The van der Waals surface area contributed by atoms with Crippen molar-refractivity contribution in [2.75, 3.05) is 25.1 Å². The van der Waals surface area contributed by atoms with Gasteiger partial charge in [-0.3, -0.25) is 4.79 Å². The fourth-order valence-corrected chi connectivity index (χ4v) is 3.03. The van der Waals surface area contributed by atoms with Crippen molar-refractivity contribution in [2.24, 2.45) is 0 Å². The maximum absolute atomic E-state index is 12.2. The van der Waals surface area contributed by atoms with Crippen molar-refractivity contribution in [3.05, 3.63) is 28.2 Å². The summed E-state index contributed by atoms with van der Waals surface area (Å²) in [7, 11) is 0. The lowest BCUT2D eigenvalue weighted by molar-refractivity contribution is -0.142. The van der Waals surface area contributed by atoms with Crippen LogP contribution >= 0.6 is 11.3 Å². The summed E-state index contributed by atoms with van der Waals surface area (Å²) >= 11 is 0.899. The van der Waals surface area contributed by atoms with E-state index < -0.39 is 30.4 Å². The number of anilines is 1. The van der Waals surface area contributed by atoms with E-state index in [9.17, 15) is 19.2 Å². The summed E-state index contributed by atoms with van der Waals surface area (Å²) in [6.07, 6.45) is 2.65. The van der Waals surface area contributed by atoms with E-state index in [0.717, 1.165) is 11.3 Å². The summed E-state index contributed by atoms with van der Waals surface area (Å²) in [6, 6.07) is 0. The molecule has 1 aromatic heterocycles. The van der Waals surface area contributed by atoms with Gasteiger partial charge in [0.05, 0.1) is 18.8 Å². The van der Waals surface area contributed by atoms with E-state index >= 15 is 0 Å². The van der Waals surface area contributed by atoms with Crippen LogP contribution in [0.25, 0.3) is 0 Å². The molecule has 0 saturated heterocycles. The van der Waals surface area contributed by atoms with Gasteiger partial charge in [-0.2, -0.15) is 0 Å². The SMILES string of the molecule is C/C=C/C(=O)OCC(=O)Nc1sc(C(=O)OCC)c(C)c1C(=O)OCC. The summed E-state index contributed by atoms with van der Waals surface area (Å²) in [4.78, 5) is 47.7. The number of hydrogen-bond donors (Lipinski definition) is 1. The number of hydrogen-bond acceptors (Lipinski definition) is 8. The van der Waals surface area contributed by atoms with Crippen LogP contribution in [0.2, 0.25) is 0 Å². The Morgan fingerprint density at radius 3 is 2.23 bits per heavy atom. The first kappa shape index (κ1) is 21.4. The molecule has 0 atom stereocenters. The summed E-state index contributed by atoms with van der Waals surface area (Å²) in [5.41, 5.74) is 0.432. The van der Waals surface area contributed by atoms with Crippen LogP contribution in [0.5, 0.6) is 0 Å². The second-order valence-corrected chi connectivity index (χ2v) is 5.88. The summed E-state index contributed by atoms with van der Waals surface area (Å²) in [5.74, 6) is -2.58. The summed E-state index contributed by atoms with van der Waals surface area (Å²) in [6.45, 7) is 6.29. The average molecular weight is 383 g/mol. The van der Waals surface area contributed by atoms with Crippen LogP contribution in [-0.4, -0.2) is 43.6 Å². The van der Waals surface area contributed by atoms with Gasteiger partial charge in [-0.05, 0) is 33.3 Å². The van der Waals surface area contributed by atoms with E-state index in [2.05, 4.69) is 5.32 Å². The molecule has 0 aliphatic rings. The van der Waals surface area contributed by atoms with Crippen molar-refractivity contribution in [1.29, 1.82) is 0 Å². The Kier molecular flexibility index (Phi) is 8.50. The minimum atomic E-state index is -0.669. The zero-order chi connectivity index (χ0) is 19.7. The average Bonchev–Trinajstić information content (AvgIpc) is 2.90. The fraction of sp³-hybridized carbons (Fsp3) is 0.412. The van der Waals surface area contributed by atoms with Crippen LogP contribution in [0.3, 0.4) is 0 Å². The Labute approximate surface area is 155 Å². The third-order valence-electron chi connectivity index (χ3n) is 2.99. The molecule has 8 nitrogen and oxygen atoms in total.